The Hall–Kier alpha value is 0.0900. The molecule has 2 atom stereocenters. The minimum Gasteiger partial charge on any atom is -0.208 e. The van der Waals surface area contributed by atoms with Gasteiger partial charge >= 0.3 is 0 Å². The van der Waals surface area contributed by atoms with Gasteiger partial charge in [-0.3, -0.25) is 0 Å². The SMILES string of the molecule is Cc1cc(Br)c(S(=O)(=O)NC2CCCC(C)C2)cc1Br. The van der Waals surface area contributed by atoms with E-state index in [9.17, 15) is 8.42 Å². The molecule has 1 aromatic carbocycles. The Morgan fingerprint density at radius 3 is 2.55 bits per heavy atom. The summed E-state index contributed by atoms with van der Waals surface area (Å²) in [6, 6.07) is 3.53. The lowest BCUT2D eigenvalue weighted by molar-refractivity contribution is 0.327. The van der Waals surface area contributed by atoms with E-state index in [0.717, 1.165) is 29.3 Å². The molecule has 1 aliphatic rings. The molecule has 0 aromatic heterocycles. The van der Waals surface area contributed by atoms with Crippen molar-refractivity contribution in [2.75, 3.05) is 0 Å². The van der Waals surface area contributed by atoms with Gasteiger partial charge in [-0.25, -0.2) is 13.1 Å². The lowest BCUT2D eigenvalue weighted by Gasteiger charge is -2.27. The Kier molecular flexibility index (Phi) is 5.32. The first-order valence-corrected chi connectivity index (χ1v) is 9.84. The molecule has 0 amide bonds. The number of sulfonamides is 1. The Morgan fingerprint density at radius 2 is 1.90 bits per heavy atom. The number of rotatable bonds is 3. The molecule has 6 heteroatoms. The van der Waals surface area contributed by atoms with E-state index < -0.39 is 10.0 Å². The second-order valence-electron chi connectivity index (χ2n) is 5.62. The zero-order chi connectivity index (χ0) is 14.9. The van der Waals surface area contributed by atoms with Gasteiger partial charge in [-0.15, -0.1) is 0 Å². The van der Waals surface area contributed by atoms with Crippen molar-refractivity contribution in [3.63, 3.8) is 0 Å². The van der Waals surface area contributed by atoms with E-state index >= 15 is 0 Å². The van der Waals surface area contributed by atoms with Crippen LogP contribution in [0, 0.1) is 12.8 Å². The highest BCUT2D eigenvalue weighted by Crippen LogP contribution is 2.30. The molecule has 1 aliphatic carbocycles. The summed E-state index contributed by atoms with van der Waals surface area (Å²) in [6.45, 7) is 4.11. The van der Waals surface area contributed by atoms with Crippen LogP contribution in [0.1, 0.15) is 38.2 Å². The molecule has 0 saturated heterocycles. The first-order chi connectivity index (χ1) is 9.29. The summed E-state index contributed by atoms with van der Waals surface area (Å²) in [4.78, 5) is 0.299. The van der Waals surface area contributed by atoms with Crippen LogP contribution < -0.4 is 4.72 Å². The highest BCUT2D eigenvalue weighted by molar-refractivity contribution is 9.11. The minimum atomic E-state index is -3.48. The maximum Gasteiger partial charge on any atom is 0.241 e. The van der Waals surface area contributed by atoms with Crippen LogP contribution in [0.2, 0.25) is 0 Å². The maximum absolute atomic E-state index is 12.5. The molecule has 0 radical (unpaired) electrons. The van der Waals surface area contributed by atoms with E-state index in [2.05, 4.69) is 43.5 Å². The summed E-state index contributed by atoms with van der Waals surface area (Å²) < 4.78 is 29.3. The molecule has 112 valence electrons. The predicted molar refractivity (Wildman–Crippen MR) is 88.3 cm³/mol. The summed E-state index contributed by atoms with van der Waals surface area (Å²) in [7, 11) is -3.48. The smallest absolute Gasteiger partial charge is 0.208 e. The number of benzene rings is 1. The standard InChI is InChI=1S/C14H19Br2NO2S/c1-9-4-3-5-11(6-9)17-20(18,19)14-8-12(15)10(2)7-13(14)16/h7-9,11,17H,3-6H2,1-2H3. The van der Waals surface area contributed by atoms with Gasteiger partial charge in [0.05, 0.1) is 4.90 Å². The second-order valence-corrected chi connectivity index (χ2v) is 9.01. The molecular weight excluding hydrogens is 406 g/mol. The van der Waals surface area contributed by atoms with Crippen molar-refractivity contribution >= 4 is 41.9 Å². The maximum atomic E-state index is 12.5. The Morgan fingerprint density at radius 1 is 1.20 bits per heavy atom. The van der Waals surface area contributed by atoms with Crippen molar-refractivity contribution in [2.24, 2.45) is 5.92 Å². The van der Waals surface area contributed by atoms with Crippen molar-refractivity contribution < 1.29 is 8.42 Å². The molecule has 0 bridgehead atoms. The van der Waals surface area contributed by atoms with Crippen molar-refractivity contribution in [1.82, 2.24) is 4.72 Å². The van der Waals surface area contributed by atoms with Crippen LogP contribution in [-0.2, 0) is 10.0 Å². The lowest BCUT2D eigenvalue weighted by atomic mass is 9.88. The third-order valence-corrected chi connectivity index (χ3v) is 7.09. The quantitative estimate of drug-likeness (QED) is 0.782. The van der Waals surface area contributed by atoms with E-state index in [1.807, 2.05) is 13.0 Å². The zero-order valence-corrected chi connectivity index (χ0v) is 15.6. The molecule has 1 fully saturated rings. The number of nitrogens with one attached hydrogen (secondary N) is 1. The van der Waals surface area contributed by atoms with E-state index in [1.165, 1.54) is 6.42 Å². The van der Waals surface area contributed by atoms with Crippen LogP contribution in [0.25, 0.3) is 0 Å². The topological polar surface area (TPSA) is 46.2 Å². The van der Waals surface area contributed by atoms with Crippen LogP contribution in [0.15, 0.2) is 26.0 Å². The van der Waals surface area contributed by atoms with E-state index in [4.69, 9.17) is 0 Å². The number of hydrogen-bond acceptors (Lipinski definition) is 2. The summed E-state index contributed by atoms with van der Waals surface area (Å²) in [6.07, 6.45) is 4.13. The molecule has 2 rings (SSSR count). The van der Waals surface area contributed by atoms with Crippen molar-refractivity contribution in [2.45, 2.75) is 50.5 Å². The summed E-state index contributed by atoms with van der Waals surface area (Å²) >= 11 is 6.75. The van der Waals surface area contributed by atoms with E-state index in [1.54, 1.807) is 6.07 Å². The van der Waals surface area contributed by atoms with Gasteiger partial charge in [-0.2, -0.15) is 0 Å². The van der Waals surface area contributed by atoms with Gasteiger partial charge in [0.15, 0.2) is 0 Å². The molecule has 0 spiro atoms. The summed E-state index contributed by atoms with van der Waals surface area (Å²) in [5.74, 6) is 0.588. The van der Waals surface area contributed by atoms with Crippen LogP contribution in [0.4, 0.5) is 0 Å². The van der Waals surface area contributed by atoms with Crippen molar-refractivity contribution in [3.8, 4) is 0 Å². The Bertz CT molecular complexity index is 601. The van der Waals surface area contributed by atoms with Crippen LogP contribution in [-0.4, -0.2) is 14.5 Å². The number of hydrogen-bond donors (Lipinski definition) is 1. The van der Waals surface area contributed by atoms with Crippen LogP contribution >= 0.6 is 31.9 Å². The van der Waals surface area contributed by atoms with Crippen molar-refractivity contribution in [3.05, 3.63) is 26.6 Å². The second kappa shape index (κ2) is 6.46. The monoisotopic (exact) mass is 423 g/mol. The average molecular weight is 425 g/mol. The molecule has 20 heavy (non-hydrogen) atoms. The number of aryl methyl sites for hydroxylation is 1. The van der Waals surface area contributed by atoms with Crippen molar-refractivity contribution in [1.29, 1.82) is 0 Å². The predicted octanol–water partition coefficient (Wildman–Crippen LogP) is 4.38. The molecular formula is C14H19Br2NO2S. The lowest BCUT2D eigenvalue weighted by Crippen LogP contribution is -2.38. The van der Waals surface area contributed by atoms with Crippen LogP contribution in [0.5, 0.6) is 0 Å². The van der Waals surface area contributed by atoms with Gasteiger partial charge in [0.2, 0.25) is 10.0 Å². The third kappa shape index (κ3) is 3.84. The van der Waals surface area contributed by atoms with Gasteiger partial charge in [0.25, 0.3) is 0 Å². The molecule has 2 unspecified atom stereocenters. The highest BCUT2D eigenvalue weighted by atomic mass is 79.9. The summed E-state index contributed by atoms with van der Waals surface area (Å²) in [5.41, 5.74) is 1.00. The Balaban J connectivity index is 2.24. The fourth-order valence-corrected chi connectivity index (χ4v) is 5.62. The van der Waals surface area contributed by atoms with Gasteiger partial charge < -0.3 is 0 Å². The first-order valence-electron chi connectivity index (χ1n) is 6.77. The molecule has 1 aromatic rings. The normalized spacial score (nSPS) is 23.8. The van der Waals surface area contributed by atoms with E-state index in [-0.39, 0.29) is 6.04 Å². The zero-order valence-electron chi connectivity index (χ0n) is 11.6. The summed E-state index contributed by atoms with van der Waals surface area (Å²) in [5, 5.41) is 0. The molecule has 1 saturated carbocycles. The van der Waals surface area contributed by atoms with Gasteiger partial charge in [-0.1, -0.05) is 35.7 Å². The average Bonchev–Trinajstić information content (AvgIpc) is 2.33. The van der Waals surface area contributed by atoms with E-state index in [0.29, 0.717) is 15.3 Å². The van der Waals surface area contributed by atoms with Gasteiger partial charge in [0, 0.05) is 15.0 Å². The molecule has 3 nitrogen and oxygen atoms in total. The highest BCUT2D eigenvalue weighted by Gasteiger charge is 2.26. The van der Waals surface area contributed by atoms with Crippen LogP contribution in [0.3, 0.4) is 0 Å². The molecule has 1 N–H and O–H groups in total. The molecule has 0 aliphatic heterocycles. The molecule has 0 heterocycles. The third-order valence-electron chi connectivity index (χ3n) is 3.76. The fourth-order valence-electron chi connectivity index (χ4n) is 2.66. The fraction of sp³-hybridized carbons (Fsp3) is 0.571. The van der Waals surface area contributed by atoms with Gasteiger partial charge in [0.1, 0.15) is 0 Å². The minimum absolute atomic E-state index is 0.0516. The van der Waals surface area contributed by atoms with Gasteiger partial charge in [-0.05, 0) is 59.3 Å². The number of halogens is 2. The Labute approximate surface area is 137 Å². The first kappa shape index (κ1) is 16.5. The largest absolute Gasteiger partial charge is 0.241 e.